The van der Waals surface area contributed by atoms with E-state index in [1.165, 1.54) is 4.68 Å². The Morgan fingerprint density at radius 1 is 1.32 bits per heavy atom. The molecule has 0 aliphatic rings. The molecule has 0 unspecified atom stereocenters. The molecule has 1 heterocycles. The second-order valence-corrected chi connectivity index (χ2v) is 7.04. The van der Waals surface area contributed by atoms with Crippen molar-refractivity contribution in [3.8, 4) is 5.75 Å². The van der Waals surface area contributed by atoms with Crippen LogP contribution in [0.5, 0.6) is 5.75 Å². The Morgan fingerprint density at radius 2 is 2.14 bits per heavy atom. The summed E-state index contributed by atoms with van der Waals surface area (Å²) in [6, 6.07) is 12.4. The Kier molecular flexibility index (Phi) is 6.20. The van der Waals surface area contributed by atoms with Crippen molar-refractivity contribution < 1.29 is 9.53 Å². The number of hydrogen-bond acceptors (Lipinski definition) is 5. The smallest absolute Gasteiger partial charge is 0.282 e. The van der Waals surface area contributed by atoms with Crippen LogP contribution in [0.1, 0.15) is 24.7 Å². The second kappa shape index (κ2) is 8.79. The first kappa shape index (κ1) is 19.8. The van der Waals surface area contributed by atoms with Crippen LogP contribution in [0.25, 0.3) is 10.9 Å². The Morgan fingerprint density at radius 3 is 2.89 bits per heavy atom. The molecule has 0 atom stereocenters. The van der Waals surface area contributed by atoms with Gasteiger partial charge in [0, 0.05) is 10.9 Å². The van der Waals surface area contributed by atoms with Gasteiger partial charge in [0.15, 0.2) is 6.61 Å². The highest BCUT2D eigenvalue weighted by Gasteiger charge is 2.10. The highest BCUT2D eigenvalue weighted by Crippen LogP contribution is 2.17. The summed E-state index contributed by atoms with van der Waals surface area (Å²) >= 11 is 3.39. The summed E-state index contributed by atoms with van der Waals surface area (Å²) in [5.41, 5.74) is 6.22. The average Bonchev–Trinajstić information content (AvgIpc) is 2.67. The molecule has 0 saturated carbocycles. The van der Waals surface area contributed by atoms with Gasteiger partial charge in [-0.2, -0.15) is 9.78 Å². The van der Waals surface area contributed by atoms with Crippen LogP contribution in [0.3, 0.4) is 0 Å². The van der Waals surface area contributed by atoms with E-state index < -0.39 is 5.91 Å². The maximum atomic E-state index is 13.0. The quantitative estimate of drug-likeness (QED) is 0.568. The largest absolute Gasteiger partial charge is 0.484 e. The van der Waals surface area contributed by atoms with Crippen molar-refractivity contribution in [2.24, 2.45) is 10.8 Å². The van der Waals surface area contributed by atoms with Crippen LogP contribution in [-0.2, 0) is 11.2 Å². The molecule has 0 aliphatic heterocycles. The molecule has 0 fully saturated rings. The van der Waals surface area contributed by atoms with Crippen molar-refractivity contribution in [1.82, 2.24) is 9.66 Å². The monoisotopic (exact) mass is 442 g/mol. The van der Waals surface area contributed by atoms with Gasteiger partial charge in [0.2, 0.25) is 0 Å². The van der Waals surface area contributed by atoms with Gasteiger partial charge in [0.1, 0.15) is 11.6 Å². The van der Waals surface area contributed by atoms with E-state index in [1.807, 2.05) is 25.1 Å². The van der Waals surface area contributed by atoms with Crippen molar-refractivity contribution in [2.45, 2.75) is 19.8 Å². The van der Waals surface area contributed by atoms with E-state index in [2.05, 4.69) is 26.0 Å². The molecule has 0 bridgehead atoms. The molecule has 0 saturated heterocycles. The summed E-state index contributed by atoms with van der Waals surface area (Å²) < 4.78 is 7.43. The lowest BCUT2D eigenvalue weighted by atomic mass is 10.2. The summed E-state index contributed by atoms with van der Waals surface area (Å²) in [4.78, 5) is 28.4. The van der Waals surface area contributed by atoms with E-state index in [-0.39, 0.29) is 12.2 Å². The normalized spacial score (nSPS) is 11.2. The predicted molar refractivity (Wildman–Crippen MR) is 112 cm³/mol. The fourth-order valence-electron chi connectivity index (χ4n) is 2.66. The molecule has 28 heavy (non-hydrogen) atoms. The molecule has 3 aromatic rings. The number of nitrogens with zero attached hydrogens (tertiary/aromatic N) is 3. The number of primary amides is 1. The SMILES string of the molecule is CCCc1nc2ccc(Br)cc2c(=O)n1N=Cc1cccc(OCC(N)=O)c1. The molecule has 0 aliphatic carbocycles. The van der Waals surface area contributed by atoms with Crippen LogP contribution in [-0.4, -0.2) is 28.4 Å². The maximum Gasteiger partial charge on any atom is 0.282 e. The molecule has 1 aromatic heterocycles. The van der Waals surface area contributed by atoms with E-state index in [9.17, 15) is 9.59 Å². The fraction of sp³-hybridized carbons (Fsp3) is 0.200. The number of hydrogen-bond donors (Lipinski definition) is 1. The summed E-state index contributed by atoms with van der Waals surface area (Å²) in [5, 5.41) is 4.86. The third kappa shape index (κ3) is 4.64. The number of benzene rings is 2. The zero-order chi connectivity index (χ0) is 20.1. The van der Waals surface area contributed by atoms with Crippen LogP contribution in [0.15, 0.2) is 56.8 Å². The first-order chi connectivity index (χ1) is 13.5. The van der Waals surface area contributed by atoms with Gasteiger partial charge in [-0.3, -0.25) is 9.59 Å². The second-order valence-electron chi connectivity index (χ2n) is 6.13. The Hall–Kier alpha value is -3.00. The van der Waals surface area contributed by atoms with Crippen LogP contribution < -0.4 is 16.0 Å². The van der Waals surface area contributed by atoms with E-state index in [0.29, 0.717) is 34.5 Å². The summed E-state index contributed by atoms with van der Waals surface area (Å²) in [7, 11) is 0. The van der Waals surface area contributed by atoms with E-state index in [4.69, 9.17) is 10.5 Å². The first-order valence-corrected chi connectivity index (χ1v) is 9.54. The van der Waals surface area contributed by atoms with Crippen molar-refractivity contribution >= 4 is 39.0 Å². The zero-order valence-corrected chi connectivity index (χ0v) is 16.8. The van der Waals surface area contributed by atoms with E-state index in [0.717, 1.165) is 10.9 Å². The molecular formula is C20H19BrN4O3. The van der Waals surface area contributed by atoms with Gasteiger partial charge >= 0.3 is 0 Å². The van der Waals surface area contributed by atoms with E-state index in [1.54, 1.807) is 30.5 Å². The van der Waals surface area contributed by atoms with Crippen LogP contribution >= 0.6 is 15.9 Å². The van der Waals surface area contributed by atoms with Crippen molar-refractivity contribution in [3.05, 3.63) is 68.7 Å². The van der Waals surface area contributed by atoms with Crippen molar-refractivity contribution in [1.29, 1.82) is 0 Å². The third-order valence-electron chi connectivity index (χ3n) is 3.91. The Balaban J connectivity index is 2.00. The minimum atomic E-state index is -0.553. The fourth-order valence-corrected chi connectivity index (χ4v) is 3.02. The van der Waals surface area contributed by atoms with Gasteiger partial charge in [-0.05, 0) is 42.3 Å². The Bertz CT molecular complexity index is 1110. The van der Waals surface area contributed by atoms with E-state index >= 15 is 0 Å². The standard InChI is InChI=1S/C20H19BrN4O3/c1-2-4-19-24-17-8-7-14(21)10-16(17)20(27)25(19)23-11-13-5-3-6-15(9-13)28-12-18(22)26/h3,5-11H,2,4,12H2,1H3,(H2,22,26). The van der Waals surface area contributed by atoms with Gasteiger partial charge in [-0.25, -0.2) is 4.98 Å². The van der Waals surface area contributed by atoms with Crippen LogP contribution in [0.2, 0.25) is 0 Å². The molecule has 2 aromatic carbocycles. The number of amides is 1. The summed E-state index contributed by atoms with van der Waals surface area (Å²) in [6.07, 6.45) is 3.02. The van der Waals surface area contributed by atoms with Gasteiger partial charge in [0.05, 0.1) is 17.1 Å². The van der Waals surface area contributed by atoms with Crippen LogP contribution in [0, 0.1) is 0 Å². The number of halogens is 1. The molecule has 0 radical (unpaired) electrons. The number of rotatable bonds is 7. The molecule has 144 valence electrons. The number of aryl methyl sites for hydroxylation is 1. The lowest BCUT2D eigenvalue weighted by Crippen LogP contribution is -2.22. The topological polar surface area (TPSA) is 99.6 Å². The summed E-state index contributed by atoms with van der Waals surface area (Å²) in [5.74, 6) is 0.535. The van der Waals surface area contributed by atoms with Gasteiger partial charge < -0.3 is 10.5 Å². The maximum absolute atomic E-state index is 13.0. The lowest BCUT2D eigenvalue weighted by molar-refractivity contribution is -0.119. The highest BCUT2D eigenvalue weighted by molar-refractivity contribution is 9.10. The molecule has 2 N–H and O–H groups in total. The van der Waals surface area contributed by atoms with Crippen molar-refractivity contribution in [3.63, 3.8) is 0 Å². The lowest BCUT2D eigenvalue weighted by Gasteiger charge is -2.09. The highest BCUT2D eigenvalue weighted by atomic mass is 79.9. The number of carbonyl (C=O) groups is 1. The van der Waals surface area contributed by atoms with Gasteiger partial charge in [-0.15, -0.1) is 0 Å². The average molecular weight is 443 g/mol. The van der Waals surface area contributed by atoms with Crippen molar-refractivity contribution in [2.75, 3.05) is 6.61 Å². The minimum Gasteiger partial charge on any atom is -0.484 e. The molecule has 3 rings (SSSR count). The number of aromatic nitrogens is 2. The van der Waals surface area contributed by atoms with Crippen LogP contribution in [0.4, 0.5) is 0 Å². The number of ether oxygens (including phenoxy) is 1. The predicted octanol–water partition coefficient (Wildman–Crippen LogP) is 2.86. The summed E-state index contributed by atoms with van der Waals surface area (Å²) in [6.45, 7) is 1.82. The Labute approximate surface area is 170 Å². The molecule has 7 nitrogen and oxygen atoms in total. The third-order valence-corrected chi connectivity index (χ3v) is 4.40. The number of carbonyl (C=O) groups excluding carboxylic acids is 1. The molecular weight excluding hydrogens is 424 g/mol. The molecule has 1 amide bonds. The minimum absolute atomic E-state index is 0.204. The molecule has 0 spiro atoms. The number of nitrogens with two attached hydrogens (primary N) is 1. The van der Waals surface area contributed by atoms with Gasteiger partial charge in [0.25, 0.3) is 11.5 Å². The zero-order valence-electron chi connectivity index (χ0n) is 15.3. The first-order valence-electron chi connectivity index (χ1n) is 8.74. The molecule has 8 heteroatoms. The number of fused-ring (bicyclic) bond motifs is 1. The van der Waals surface area contributed by atoms with Gasteiger partial charge in [-0.1, -0.05) is 35.0 Å².